The zero-order chi connectivity index (χ0) is 9.68. The van der Waals surface area contributed by atoms with E-state index in [0.29, 0.717) is 5.82 Å². The molecule has 0 unspecified atom stereocenters. The standard InChI is InChI=1S/C9H13N3S/c1-7(2)3-6-13-9-8(10)11-4-5-12-9/h3-5H,6H2,1-2H3,(H2,10,11). The molecule has 0 saturated carbocycles. The van der Waals surface area contributed by atoms with Crippen LogP contribution in [0.5, 0.6) is 0 Å². The molecule has 1 aromatic rings. The van der Waals surface area contributed by atoms with Crippen LogP contribution in [0.25, 0.3) is 0 Å². The summed E-state index contributed by atoms with van der Waals surface area (Å²) in [6, 6.07) is 0. The molecule has 0 aliphatic carbocycles. The number of nitrogens with two attached hydrogens (primary N) is 1. The van der Waals surface area contributed by atoms with Gasteiger partial charge in [0.25, 0.3) is 0 Å². The molecule has 0 spiro atoms. The minimum atomic E-state index is 0.509. The summed E-state index contributed by atoms with van der Waals surface area (Å²) in [5, 5.41) is 0.806. The first-order valence-corrected chi connectivity index (χ1v) is 5.01. The topological polar surface area (TPSA) is 51.8 Å². The molecule has 70 valence electrons. The van der Waals surface area contributed by atoms with Gasteiger partial charge in [-0.1, -0.05) is 23.4 Å². The molecule has 1 heterocycles. The SMILES string of the molecule is CC(C)=CCSc1nccnc1N. The molecule has 1 aromatic heterocycles. The van der Waals surface area contributed by atoms with Crippen molar-refractivity contribution in [2.75, 3.05) is 11.5 Å². The summed E-state index contributed by atoms with van der Waals surface area (Å²) < 4.78 is 0. The molecule has 1 rings (SSSR count). The van der Waals surface area contributed by atoms with Crippen LogP contribution in [0.1, 0.15) is 13.8 Å². The Balaban J connectivity index is 2.55. The third-order valence-electron chi connectivity index (χ3n) is 1.40. The van der Waals surface area contributed by atoms with Crippen molar-refractivity contribution in [1.29, 1.82) is 0 Å². The lowest BCUT2D eigenvalue weighted by Gasteiger charge is -1.99. The quantitative estimate of drug-likeness (QED) is 0.593. The lowest BCUT2D eigenvalue weighted by molar-refractivity contribution is 1.07. The Bertz CT molecular complexity index is 305. The van der Waals surface area contributed by atoms with E-state index in [1.807, 2.05) is 0 Å². The van der Waals surface area contributed by atoms with Gasteiger partial charge in [0.05, 0.1) is 0 Å². The molecule has 13 heavy (non-hydrogen) atoms. The summed E-state index contributed by atoms with van der Waals surface area (Å²) in [4.78, 5) is 8.07. The number of allylic oxidation sites excluding steroid dienone is 1. The maximum atomic E-state index is 5.62. The third kappa shape index (κ3) is 3.46. The number of thioether (sulfide) groups is 1. The number of aromatic nitrogens is 2. The van der Waals surface area contributed by atoms with Gasteiger partial charge in [-0.25, -0.2) is 9.97 Å². The summed E-state index contributed by atoms with van der Waals surface area (Å²) in [7, 11) is 0. The number of hydrogen-bond donors (Lipinski definition) is 1. The van der Waals surface area contributed by atoms with Gasteiger partial charge in [0.2, 0.25) is 0 Å². The largest absolute Gasteiger partial charge is 0.381 e. The van der Waals surface area contributed by atoms with E-state index >= 15 is 0 Å². The van der Waals surface area contributed by atoms with E-state index in [-0.39, 0.29) is 0 Å². The normalized spacial score (nSPS) is 9.69. The number of rotatable bonds is 3. The van der Waals surface area contributed by atoms with Gasteiger partial charge in [-0.3, -0.25) is 0 Å². The van der Waals surface area contributed by atoms with Crippen LogP contribution in [0, 0.1) is 0 Å². The predicted octanol–water partition coefficient (Wildman–Crippen LogP) is 2.12. The van der Waals surface area contributed by atoms with E-state index in [2.05, 4.69) is 29.9 Å². The molecular formula is C9H13N3S. The Morgan fingerprint density at radius 1 is 1.46 bits per heavy atom. The van der Waals surface area contributed by atoms with Crippen LogP contribution in [0.15, 0.2) is 29.1 Å². The van der Waals surface area contributed by atoms with Crippen molar-refractivity contribution in [1.82, 2.24) is 9.97 Å². The van der Waals surface area contributed by atoms with Gasteiger partial charge in [-0.15, -0.1) is 0 Å². The van der Waals surface area contributed by atoms with Crippen LogP contribution in [0.3, 0.4) is 0 Å². The van der Waals surface area contributed by atoms with Crippen LogP contribution < -0.4 is 5.73 Å². The van der Waals surface area contributed by atoms with Crippen molar-refractivity contribution < 1.29 is 0 Å². The minimum absolute atomic E-state index is 0.509. The lowest BCUT2D eigenvalue weighted by atomic mass is 10.3. The van der Waals surface area contributed by atoms with Crippen molar-refractivity contribution >= 4 is 17.6 Å². The smallest absolute Gasteiger partial charge is 0.156 e. The molecule has 0 radical (unpaired) electrons. The van der Waals surface area contributed by atoms with Crippen molar-refractivity contribution in [2.45, 2.75) is 18.9 Å². The Morgan fingerprint density at radius 2 is 2.15 bits per heavy atom. The van der Waals surface area contributed by atoms with Gasteiger partial charge in [0, 0.05) is 18.1 Å². The lowest BCUT2D eigenvalue weighted by Crippen LogP contribution is -1.94. The maximum absolute atomic E-state index is 5.62. The van der Waals surface area contributed by atoms with Gasteiger partial charge in [0.1, 0.15) is 5.03 Å². The monoisotopic (exact) mass is 195 g/mol. The van der Waals surface area contributed by atoms with E-state index in [0.717, 1.165) is 10.8 Å². The summed E-state index contributed by atoms with van der Waals surface area (Å²) in [5.74, 6) is 1.40. The van der Waals surface area contributed by atoms with Crippen LogP contribution >= 0.6 is 11.8 Å². The number of hydrogen-bond acceptors (Lipinski definition) is 4. The zero-order valence-corrected chi connectivity index (χ0v) is 8.64. The Hall–Kier alpha value is -1.03. The third-order valence-corrected chi connectivity index (χ3v) is 2.32. The van der Waals surface area contributed by atoms with E-state index < -0.39 is 0 Å². The van der Waals surface area contributed by atoms with Crippen LogP contribution in [-0.4, -0.2) is 15.7 Å². The molecule has 4 heteroatoms. The molecule has 2 N–H and O–H groups in total. The molecule has 0 fully saturated rings. The summed E-state index contributed by atoms with van der Waals surface area (Å²) in [5.41, 5.74) is 6.92. The summed E-state index contributed by atoms with van der Waals surface area (Å²) in [6.07, 6.45) is 5.39. The first-order chi connectivity index (χ1) is 6.20. The van der Waals surface area contributed by atoms with E-state index in [4.69, 9.17) is 5.73 Å². The van der Waals surface area contributed by atoms with Gasteiger partial charge < -0.3 is 5.73 Å². The molecule has 0 saturated heterocycles. The summed E-state index contributed by atoms with van der Waals surface area (Å²) in [6.45, 7) is 4.14. The van der Waals surface area contributed by atoms with Crippen molar-refractivity contribution in [3.05, 3.63) is 24.0 Å². The second-order valence-corrected chi connectivity index (χ2v) is 3.85. The fraction of sp³-hybridized carbons (Fsp3) is 0.333. The Morgan fingerprint density at radius 3 is 2.77 bits per heavy atom. The molecule has 0 atom stereocenters. The highest BCUT2D eigenvalue weighted by atomic mass is 32.2. The van der Waals surface area contributed by atoms with Crippen LogP contribution in [0.4, 0.5) is 5.82 Å². The number of nitrogens with zero attached hydrogens (tertiary/aromatic N) is 2. The molecule has 0 amide bonds. The zero-order valence-electron chi connectivity index (χ0n) is 7.82. The number of anilines is 1. The van der Waals surface area contributed by atoms with E-state index in [1.165, 1.54) is 5.57 Å². The summed E-state index contributed by atoms with van der Waals surface area (Å²) >= 11 is 1.60. The Kier molecular flexibility index (Phi) is 3.76. The van der Waals surface area contributed by atoms with Gasteiger partial charge >= 0.3 is 0 Å². The second-order valence-electron chi connectivity index (χ2n) is 2.84. The van der Waals surface area contributed by atoms with Crippen LogP contribution in [0.2, 0.25) is 0 Å². The first kappa shape index (κ1) is 10.1. The average Bonchev–Trinajstić information content (AvgIpc) is 2.08. The van der Waals surface area contributed by atoms with Crippen molar-refractivity contribution in [3.63, 3.8) is 0 Å². The van der Waals surface area contributed by atoms with Gasteiger partial charge in [-0.2, -0.15) is 0 Å². The highest BCUT2D eigenvalue weighted by Crippen LogP contribution is 2.19. The van der Waals surface area contributed by atoms with Gasteiger partial charge in [-0.05, 0) is 13.8 Å². The van der Waals surface area contributed by atoms with Crippen molar-refractivity contribution in [3.8, 4) is 0 Å². The fourth-order valence-electron chi connectivity index (χ4n) is 0.734. The molecular weight excluding hydrogens is 182 g/mol. The number of nitrogen functional groups attached to an aromatic ring is 1. The molecule has 0 aliphatic rings. The fourth-order valence-corrected chi connectivity index (χ4v) is 1.65. The molecule has 3 nitrogen and oxygen atoms in total. The highest BCUT2D eigenvalue weighted by Gasteiger charge is 1.99. The maximum Gasteiger partial charge on any atom is 0.156 e. The Labute approximate surface area is 82.5 Å². The molecule has 0 bridgehead atoms. The molecule has 0 aliphatic heterocycles. The van der Waals surface area contributed by atoms with Crippen molar-refractivity contribution in [2.24, 2.45) is 0 Å². The molecule has 0 aromatic carbocycles. The van der Waals surface area contributed by atoms with E-state index in [9.17, 15) is 0 Å². The highest BCUT2D eigenvalue weighted by molar-refractivity contribution is 7.99. The average molecular weight is 195 g/mol. The van der Waals surface area contributed by atoms with Gasteiger partial charge in [0.15, 0.2) is 5.82 Å². The van der Waals surface area contributed by atoms with E-state index in [1.54, 1.807) is 24.2 Å². The van der Waals surface area contributed by atoms with Crippen LogP contribution in [-0.2, 0) is 0 Å². The second kappa shape index (κ2) is 4.87. The minimum Gasteiger partial charge on any atom is -0.381 e. The first-order valence-electron chi connectivity index (χ1n) is 4.03. The predicted molar refractivity (Wildman–Crippen MR) is 56.6 cm³/mol.